The minimum Gasteiger partial charge on any atom is -0.336 e. The van der Waals surface area contributed by atoms with Crippen molar-refractivity contribution >= 4 is 44.5 Å². The number of aromatic nitrogens is 2. The van der Waals surface area contributed by atoms with E-state index in [9.17, 15) is 22.8 Å². The zero-order valence-corrected chi connectivity index (χ0v) is 18.3. The first kappa shape index (κ1) is 21.1. The van der Waals surface area contributed by atoms with E-state index in [0.717, 1.165) is 0 Å². The molecule has 3 amide bonds. The van der Waals surface area contributed by atoms with E-state index in [-0.39, 0.29) is 47.5 Å². The largest absolute Gasteiger partial charge is 0.336 e. The summed E-state index contributed by atoms with van der Waals surface area (Å²) in [5.74, 6) is -1.19. The summed E-state index contributed by atoms with van der Waals surface area (Å²) >= 11 is 0. The molecule has 0 spiro atoms. The first-order valence-corrected chi connectivity index (χ1v) is 11.8. The molecule has 170 valence electrons. The lowest BCUT2D eigenvalue weighted by molar-refractivity contribution is -0.136. The second-order valence-corrected chi connectivity index (χ2v) is 9.57. The average Bonchev–Trinajstić information content (AvgIpc) is 3.33. The molecule has 1 aromatic carbocycles. The van der Waals surface area contributed by atoms with Gasteiger partial charge in [0.25, 0.3) is 21.6 Å². The molecule has 0 bridgehead atoms. The Morgan fingerprint density at radius 2 is 2.06 bits per heavy atom. The molecule has 3 aromatic rings. The zero-order valence-electron chi connectivity index (χ0n) is 17.5. The van der Waals surface area contributed by atoms with Crippen LogP contribution in [0.25, 0.3) is 11.1 Å². The maximum absolute atomic E-state index is 13.0. The SMILES string of the molecule is CCc1noc2ncc(S(=O)(=O)Nc3ccc4c(c3)CN(C3CCC(=O)NC3=O)C4=O)cc12. The van der Waals surface area contributed by atoms with Crippen LogP contribution in [-0.4, -0.2) is 47.2 Å². The number of rotatable bonds is 5. The van der Waals surface area contributed by atoms with Gasteiger partial charge in [0.15, 0.2) is 0 Å². The van der Waals surface area contributed by atoms with Crippen molar-refractivity contribution in [1.82, 2.24) is 20.4 Å². The van der Waals surface area contributed by atoms with Gasteiger partial charge in [0, 0.05) is 24.2 Å². The summed E-state index contributed by atoms with van der Waals surface area (Å²) in [5, 5.41) is 6.67. The molecule has 33 heavy (non-hydrogen) atoms. The fourth-order valence-electron chi connectivity index (χ4n) is 4.11. The Labute approximate surface area is 188 Å². The van der Waals surface area contributed by atoms with E-state index in [1.54, 1.807) is 6.07 Å². The highest BCUT2D eigenvalue weighted by atomic mass is 32.2. The summed E-state index contributed by atoms with van der Waals surface area (Å²) < 4.78 is 33.5. The van der Waals surface area contributed by atoms with Gasteiger partial charge in [-0.2, -0.15) is 0 Å². The smallest absolute Gasteiger partial charge is 0.263 e. The molecular formula is C21H19N5O6S. The Balaban J connectivity index is 1.39. The number of nitrogens with one attached hydrogen (secondary N) is 2. The normalized spacial score (nSPS) is 18.5. The van der Waals surface area contributed by atoms with Crippen LogP contribution in [0.5, 0.6) is 0 Å². The number of sulfonamides is 1. The molecule has 1 unspecified atom stereocenters. The second-order valence-electron chi connectivity index (χ2n) is 7.88. The second kappa shape index (κ2) is 7.66. The van der Waals surface area contributed by atoms with Crippen LogP contribution in [0, 0.1) is 0 Å². The predicted molar refractivity (Wildman–Crippen MR) is 114 cm³/mol. The molecule has 1 fully saturated rings. The summed E-state index contributed by atoms with van der Waals surface area (Å²) in [6.07, 6.45) is 2.17. The van der Waals surface area contributed by atoms with Crippen molar-refractivity contribution in [1.29, 1.82) is 0 Å². The monoisotopic (exact) mass is 469 g/mol. The number of aryl methyl sites for hydroxylation is 1. The third kappa shape index (κ3) is 3.61. The molecule has 11 nitrogen and oxygen atoms in total. The van der Waals surface area contributed by atoms with Crippen molar-refractivity contribution in [2.75, 3.05) is 4.72 Å². The number of hydrogen-bond acceptors (Lipinski definition) is 8. The van der Waals surface area contributed by atoms with E-state index in [4.69, 9.17) is 4.52 Å². The highest BCUT2D eigenvalue weighted by molar-refractivity contribution is 7.92. The Morgan fingerprint density at radius 3 is 2.82 bits per heavy atom. The van der Waals surface area contributed by atoms with Gasteiger partial charge in [-0.3, -0.25) is 24.4 Å². The summed E-state index contributed by atoms with van der Waals surface area (Å²) in [6.45, 7) is 2.02. The molecule has 4 heterocycles. The van der Waals surface area contributed by atoms with Crippen LogP contribution in [0.2, 0.25) is 0 Å². The van der Waals surface area contributed by atoms with Gasteiger partial charge in [-0.05, 0) is 42.7 Å². The van der Waals surface area contributed by atoms with Gasteiger partial charge in [-0.25, -0.2) is 13.4 Å². The Hall–Kier alpha value is -3.80. The number of carbonyl (C=O) groups excluding carboxylic acids is 3. The Morgan fingerprint density at radius 1 is 1.24 bits per heavy atom. The van der Waals surface area contributed by atoms with Crippen LogP contribution in [0.3, 0.4) is 0 Å². The van der Waals surface area contributed by atoms with Crippen molar-refractivity contribution in [2.45, 2.75) is 43.7 Å². The highest BCUT2D eigenvalue weighted by Gasteiger charge is 2.39. The lowest BCUT2D eigenvalue weighted by Crippen LogP contribution is -2.52. The molecule has 2 aromatic heterocycles. The van der Waals surface area contributed by atoms with E-state index in [2.05, 4.69) is 20.2 Å². The standard InChI is InChI=1S/C21H19N5O6S/c1-2-16-15-8-13(9-22-20(15)32-24-16)33(30,31)25-12-3-4-14-11(7-12)10-26(21(14)29)17-5-6-18(27)23-19(17)28/h3-4,7-9,17,25H,2,5-6,10H2,1H3,(H,23,27,28). The molecule has 0 saturated carbocycles. The molecule has 2 aliphatic rings. The van der Waals surface area contributed by atoms with Crippen LogP contribution in [-0.2, 0) is 32.6 Å². The minimum absolute atomic E-state index is 0.0466. The van der Waals surface area contributed by atoms with Gasteiger partial charge in [0.1, 0.15) is 10.9 Å². The van der Waals surface area contributed by atoms with Crippen molar-refractivity contribution in [2.24, 2.45) is 0 Å². The topological polar surface area (TPSA) is 152 Å². The summed E-state index contributed by atoms with van der Waals surface area (Å²) in [7, 11) is -3.97. The summed E-state index contributed by atoms with van der Waals surface area (Å²) in [4.78, 5) is 41.8. The number of amides is 3. The van der Waals surface area contributed by atoms with Crippen molar-refractivity contribution in [3.63, 3.8) is 0 Å². The summed E-state index contributed by atoms with van der Waals surface area (Å²) in [6, 6.07) is 5.31. The van der Waals surface area contributed by atoms with E-state index in [1.165, 1.54) is 29.3 Å². The van der Waals surface area contributed by atoms with E-state index >= 15 is 0 Å². The van der Waals surface area contributed by atoms with Crippen molar-refractivity contribution < 1.29 is 27.3 Å². The average molecular weight is 469 g/mol. The fraction of sp³-hybridized carbons (Fsp3) is 0.286. The molecule has 0 radical (unpaired) electrons. The van der Waals surface area contributed by atoms with Crippen LogP contribution in [0.4, 0.5) is 5.69 Å². The molecule has 12 heteroatoms. The quantitative estimate of drug-likeness (QED) is 0.531. The number of imide groups is 1. The number of hydrogen-bond donors (Lipinski definition) is 2. The minimum atomic E-state index is -3.97. The van der Waals surface area contributed by atoms with Gasteiger partial charge in [0.05, 0.1) is 17.3 Å². The number of nitrogens with zero attached hydrogens (tertiary/aromatic N) is 3. The van der Waals surface area contributed by atoms with Gasteiger partial charge < -0.3 is 9.42 Å². The summed E-state index contributed by atoms with van der Waals surface area (Å²) in [5.41, 5.74) is 2.12. The van der Waals surface area contributed by atoms with E-state index in [1.807, 2.05) is 6.92 Å². The fourth-order valence-corrected chi connectivity index (χ4v) is 5.13. The molecule has 1 saturated heterocycles. The van der Waals surface area contributed by atoms with E-state index < -0.39 is 22.0 Å². The molecule has 0 aliphatic carbocycles. The lowest BCUT2D eigenvalue weighted by Gasteiger charge is -2.29. The number of fused-ring (bicyclic) bond motifs is 2. The number of anilines is 1. The number of piperidine rings is 1. The highest BCUT2D eigenvalue weighted by Crippen LogP contribution is 2.30. The van der Waals surface area contributed by atoms with E-state index in [0.29, 0.717) is 28.6 Å². The maximum Gasteiger partial charge on any atom is 0.263 e. The predicted octanol–water partition coefficient (Wildman–Crippen LogP) is 1.35. The van der Waals surface area contributed by atoms with Gasteiger partial charge in [-0.1, -0.05) is 12.1 Å². The lowest BCUT2D eigenvalue weighted by atomic mass is 10.0. The van der Waals surface area contributed by atoms with Crippen LogP contribution in [0.1, 0.15) is 41.4 Å². The van der Waals surface area contributed by atoms with Gasteiger partial charge in [0.2, 0.25) is 11.8 Å². The first-order valence-electron chi connectivity index (χ1n) is 10.3. The Kier molecular flexibility index (Phi) is 4.89. The van der Waals surface area contributed by atoms with Crippen LogP contribution in [0.15, 0.2) is 39.9 Å². The van der Waals surface area contributed by atoms with Gasteiger partial charge >= 0.3 is 0 Å². The number of pyridine rings is 1. The van der Waals surface area contributed by atoms with Gasteiger partial charge in [-0.15, -0.1) is 0 Å². The number of carbonyl (C=O) groups is 3. The maximum atomic E-state index is 13.0. The molecule has 1 atom stereocenters. The first-order chi connectivity index (χ1) is 15.8. The van der Waals surface area contributed by atoms with Crippen molar-refractivity contribution in [3.05, 3.63) is 47.3 Å². The Bertz CT molecular complexity index is 1430. The van der Waals surface area contributed by atoms with Crippen LogP contribution < -0.4 is 10.0 Å². The third-order valence-corrected chi connectivity index (χ3v) is 7.15. The molecule has 2 N–H and O–H groups in total. The molecule has 5 rings (SSSR count). The number of benzene rings is 1. The molecule has 2 aliphatic heterocycles. The molecular weight excluding hydrogens is 450 g/mol. The van der Waals surface area contributed by atoms with Crippen LogP contribution >= 0.6 is 0 Å². The zero-order chi connectivity index (χ0) is 23.3. The van der Waals surface area contributed by atoms with Crippen molar-refractivity contribution in [3.8, 4) is 0 Å². The third-order valence-electron chi connectivity index (χ3n) is 5.80.